The van der Waals surface area contributed by atoms with Gasteiger partial charge in [-0.1, -0.05) is 0 Å². The Kier molecular flexibility index (Phi) is 2.41. The van der Waals surface area contributed by atoms with E-state index in [9.17, 15) is 0 Å². The van der Waals surface area contributed by atoms with Gasteiger partial charge in [0.1, 0.15) is 0 Å². The Hall–Kier alpha value is -0.830. The molecule has 1 saturated heterocycles. The Labute approximate surface area is 121 Å². The minimum Gasteiger partial charge on any atom is -0.327 e. The number of hydrogen-bond donors (Lipinski definition) is 1. The quantitative estimate of drug-likeness (QED) is 0.895. The summed E-state index contributed by atoms with van der Waals surface area (Å²) in [5.74, 6) is 3.02. The summed E-state index contributed by atoms with van der Waals surface area (Å²) in [5, 5.41) is 3.67. The average Bonchev–Trinajstić information content (AvgIpc) is 3.08. The van der Waals surface area contributed by atoms with E-state index in [1.165, 1.54) is 63.6 Å². The van der Waals surface area contributed by atoms with Gasteiger partial charge in [0, 0.05) is 17.8 Å². The molecule has 1 atom stereocenters. The standard InChI is InChI=1S/C17H25N3/c1-2-15(19-3-1)16-10-18-11-20(16)17-7-12-4-13(8-17)6-14(5-12)9-17/h10-15,19H,1-9H2/t12?,13?,14?,15-,17?/m0/s1. The predicted molar refractivity (Wildman–Crippen MR) is 78.4 cm³/mol. The summed E-state index contributed by atoms with van der Waals surface area (Å²) >= 11 is 0. The van der Waals surface area contributed by atoms with Crippen LogP contribution in [0.5, 0.6) is 0 Å². The Bertz CT molecular complexity index is 477. The summed E-state index contributed by atoms with van der Waals surface area (Å²) < 4.78 is 2.63. The fraction of sp³-hybridized carbons (Fsp3) is 0.824. The number of nitrogens with one attached hydrogen (secondary N) is 1. The van der Waals surface area contributed by atoms with Crippen LogP contribution < -0.4 is 5.32 Å². The van der Waals surface area contributed by atoms with E-state index in [1.54, 1.807) is 0 Å². The van der Waals surface area contributed by atoms with E-state index in [2.05, 4.69) is 27.4 Å². The van der Waals surface area contributed by atoms with E-state index in [-0.39, 0.29) is 0 Å². The van der Waals surface area contributed by atoms with E-state index < -0.39 is 0 Å². The van der Waals surface area contributed by atoms with Crippen LogP contribution in [0, 0.1) is 17.8 Å². The van der Waals surface area contributed by atoms with E-state index in [0.717, 1.165) is 17.8 Å². The van der Waals surface area contributed by atoms with E-state index in [4.69, 9.17) is 0 Å². The first kappa shape index (κ1) is 11.8. The van der Waals surface area contributed by atoms with Crippen LogP contribution in [-0.4, -0.2) is 16.1 Å². The zero-order chi connectivity index (χ0) is 13.2. The fourth-order valence-corrected chi connectivity index (χ4v) is 6.26. The molecule has 1 aromatic heterocycles. The molecule has 4 saturated carbocycles. The molecule has 20 heavy (non-hydrogen) atoms. The SMILES string of the molecule is c1ncn(C23CC4CC(CC(C4)C2)C3)c1[C@@H]1CCCN1. The number of hydrogen-bond acceptors (Lipinski definition) is 2. The first-order valence-electron chi connectivity index (χ1n) is 8.58. The third-order valence-corrected chi connectivity index (χ3v) is 6.60. The summed E-state index contributed by atoms with van der Waals surface area (Å²) in [6.45, 7) is 1.18. The van der Waals surface area contributed by atoms with Crippen molar-refractivity contribution in [1.82, 2.24) is 14.9 Å². The highest BCUT2D eigenvalue weighted by atomic mass is 15.2. The summed E-state index contributed by atoms with van der Waals surface area (Å²) in [4.78, 5) is 4.55. The van der Waals surface area contributed by atoms with Gasteiger partial charge in [-0.05, 0) is 75.7 Å². The third-order valence-electron chi connectivity index (χ3n) is 6.60. The van der Waals surface area contributed by atoms with Crippen LogP contribution in [0.1, 0.15) is 63.1 Å². The van der Waals surface area contributed by atoms with Crippen molar-refractivity contribution in [3.8, 4) is 0 Å². The molecule has 3 heteroatoms. The molecule has 5 aliphatic rings. The number of nitrogens with zero attached hydrogens (tertiary/aromatic N) is 2. The average molecular weight is 271 g/mol. The lowest BCUT2D eigenvalue weighted by molar-refractivity contribution is -0.0448. The lowest BCUT2D eigenvalue weighted by Gasteiger charge is -2.57. The largest absolute Gasteiger partial charge is 0.327 e. The molecule has 3 nitrogen and oxygen atoms in total. The molecule has 0 spiro atoms. The van der Waals surface area contributed by atoms with Crippen LogP contribution >= 0.6 is 0 Å². The van der Waals surface area contributed by atoms with Crippen molar-refractivity contribution >= 4 is 0 Å². The number of rotatable bonds is 2. The second-order valence-corrected chi connectivity index (χ2v) is 7.98. The van der Waals surface area contributed by atoms with E-state index in [1.807, 2.05) is 0 Å². The van der Waals surface area contributed by atoms with Crippen molar-refractivity contribution in [2.45, 2.75) is 62.9 Å². The van der Waals surface area contributed by atoms with E-state index in [0.29, 0.717) is 11.6 Å². The van der Waals surface area contributed by atoms with E-state index >= 15 is 0 Å². The zero-order valence-electron chi connectivity index (χ0n) is 12.2. The van der Waals surface area contributed by atoms with Gasteiger partial charge in [0.15, 0.2) is 0 Å². The van der Waals surface area contributed by atoms with Gasteiger partial charge in [-0.15, -0.1) is 0 Å². The number of imidazole rings is 1. The van der Waals surface area contributed by atoms with Crippen molar-refractivity contribution in [3.63, 3.8) is 0 Å². The maximum atomic E-state index is 4.55. The van der Waals surface area contributed by atoms with Gasteiger partial charge in [0.05, 0.1) is 12.0 Å². The van der Waals surface area contributed by atoms with Crippen LogP contribution in [0.4, 0.5) is 0 Å². The normalized spacial score (nSPS) is 46.2. The minimum atomic E-state index is 0.435. The molecule has 108 valence electrons. The van der Waals surface area contributed by atoms with Crippen LogP contribution in [0.15, 0.2) is 12.5 Å². The van der Waals surface area contributed by atoms with Gasteiger partial charge in [-0.25, -0.2) is 4.98 Å². The highest BCUT2D eigenvalue weighted by Gasteiger charge is 2.52. The Morgan fingerprint density at radius 1 is 1.10 bits per heavy atom. The summed E-state index contributed by atoms with van der Waals surface area (Å²) in [5.41, 5.74) is 1.91. The summed E-state index contributed by atoms with van der Waals surface area (Å²) in [7, 11) is 0. The molecular weight excluding hydrogens is 246 g/mol. The minimum absolute atomic E-state index is 0.435. The predicted octanol–water partition coefficient (Wildman–Crippen LogP) is 3.23. The second kappa shape index (κ2) is 4.09. The van der Waals surface area contributed by atoms with Crippen LogP contribution in [-0.2, 0) is 5.54 Å². The first-order chi connectivity index (χ1) is 9.82. The van der Waals surface area contributed by atoms with Gasteiger partial charge >= 0.3 is 0 Å². The Balaban J connectivity index is 1.55. The lowest BCUT2D eigenvalue weighted by Crippen LogP contribution is -2.52. The maximum absolute atomic E-state index is 4.55. The highest BCUT2D eigenvalue weighted by Crippen LogP contribution is 2.59. The third kappa shape index (κ3) is 1.59. The fourth-order valence-electron chi connectivity index (χ4n) is 6.26. The van der Waals surface area contributed by atoms with Crippen molar-refractivity contribution in [3.05, 3.63) is 18.2 Å². The summed E-state index contributed by atoms with van der Waals surface area (Å²) in [6, 6.07) is 0.561. The molecule has 6 rings (SSSR count). The van der Waals surface area contributed by atoms with Gasteiger partial charge in [0.2, 0.25) is 0 Å². The van der Waals surface area contributed by atoms with Crippen LogP contribution in [0.3, 0.4) is 0 Å². The molecule has 0 amide bonds. The molecule has 4 bridgehead atoms. The van der Waals surface area contributed by atoms with Crippen molar-refractivity contribution in [1.29, 1.82) is 0 Å². The monoisotopic (exact) mass is 271 g/mol. The Morgan fingerprint density at radius 2 is 1.80 bits per heavy atom. The summed E-state index contributed by atoms with van der Waals surface area (Å²) in [6.07, 6.45) is 15.7. The van der Waals surface area contributed by atoms with Crippen LogP contribution in [0.25, 0.3) is 0 Å². The van der Waals surface area contributed by atoms with Gasteiger partial charge in [-0.3, -0.25) is 0 Å². The lowest BCUT2D eigenvalue weighted by atomic mass is 9.53. The molecule has 0 aromatic carbocycles. The van der Waals surface area contributed by atoms with Crippen molar-refractivity contribution in [2.75, 3.05) is 6.54 Å². The van der Waals surface area contributed by atoms with Gasteiger partial charge in [0.25, 0.3) is 0 Å². The van der Waals surface area contributed by atoms with Crippen molar-refractivity contribution in [2.24, 2.45) is 17.8 Å². The van der Waals surface area contributed by atoms with Crippen molar-refractivity contribution < 1.29 is 0 Å². The zero-order valence-corrected chi connectivity index (χ0v) is 12.2. The number of aromatic nitrogens is 2. The molecule has 0 radical (unpaired) electrons. The molecule has 4 aliphatic carbocycles. The highest BCUT2D eigenvalue weighted by molar-refractivity contribution is 5.15. The molecule has 1 aromatic rings. The first-order valence-corrected chi connectivity index (χ1v) is 8.58. The topological polar surface area (TPSA) is 29.9 Å². The molecule has 5 fully saturated rings. The molecular formula is C17H25N3. The molecule has 1 aliphatic heterocycles. The smallest absolute Gasteiger partial charge is 0.0953 e. The van der Waals surface area contributed by atoms with Gasteiger partial charge in [-0.2, -0.15) is 0 Å². The molecule has 2 heterocycles. The van der Waals surface area contributed by atoms with Gasteiger partial charge < -0.3 is 9.88 Å². The molecule has 1 N–H and O–H groups in total. The molecule has 0 unspecified atom stereocenters. The maximum Gasteiger partial charge on any atom is 0.0953 e. The Morgan fingerprint density at radius 3 is 2.40 bits per heavy atom. The van der Waals surface area contributed by atoms with Crippen LogP contribution in [0.2, 0.25) is 0 Å². The second-order valence-electron chi connectivity index (χ2n) is 7.98.